The van der Waals surface area contributed by atoms with Gasteiger partial charge in [-0.25, -0.2) is 0 Å². The number of rotatable bonds is 4. The summed E-state index contributed by atoms with van der Waals surface area (Å²) in [7, 11) is 0. The van der Waals surface area contributed by atoms with Gasteiger partial charge in [0.15, 0.2) is 5.78 Å². The Labute approximate surface area is 68.9 Å². The predicted octanol–water partition coefficient (Wildman–Crippen LogP) is 2.03. The fourth-order valence-corrected chi connectivity index (χ4v) is 1.13. The molecule has 2 heteroatoms. The van der Waals surface area contributed by atoms with E-state index in [1.54, 1.807) is 0 Å². The monoisotopic (exact) mass is 158 g/mol. The van der Waals surface area contributed by atoms with Gasteiger partial charge in [0.2, 0.25) is 0 Å². The second-order valence-corrected chi connectivity index (χ2v) is 3.46. The molecule has 0 aliphatic carbocycles. The highest BCUT2D eigenvalue weighted by Gasteiger charge is 2.29. The SMILES string of the molecule is CCOC(C)(C)C(=O)C(C)C. The van der Waals surface area contributed by atoms with Crippen LogP contribution in [0.1, 0.15) is 34.6 Å². The fraction of sp³-hybridized carbons (Fsp3) is 0.889. The molecule has 0 atom stereocenters. The summed E-state index contributed by atoms with van der Waals surface area (Å²) in [6, 6.07) is 0. The van der Waals surface area contributed by atoms with Gasteiger partial charge in [-0.05, 0) is 20.8 Å². The van der Waals surface area contributed by atoms with Gasteiger partial charge in [0.1, 0.15) is 5.60 Å². The maximum absolute atomic E-state index is 11.4. The Balaban J connectivity index is 4.17. The molecular weight excluding hydrogens is 140 g/mol. The summed E-state index contributed by atoms with van der Waals surface area (Å²) in [6.07, 6.45) is 0. The Morgan fingerprint density at radius 3 is 2.18 bits per heavy atom. The van der Waals surface area contributed by atoms with Crippen LogP contribution in [0.4, 0.5) is 0 Å². The Morgan fingerprint density at radius 2 is 1.91 bits per heavy atom. The summed E-state index contributed by atoms with van der Waals surface area (Å²) in [5, 5.41) is 0. The van der Waals surface area contributed by atoms with Gasteiger partial charge < -0.3 is 4.74 Å². The molecular formula is C9H18O2. The van der Waals surface area contributed by atoms with E-state index in [4.69, 9.17) is 4.74 Å². The molecule has 0 rings (SSSR count). The molecule has 11 heavy (non-hydrogen) atoms. The van der Waals surface area contributed by atoms with Crippen LogP contribution in [0.5, 0.6) is 0 Å². The van der Waals surface area contributed by atoms with E-state index in [1.807, 2.05) is 34.6 Å². The number of hydrogen-bond acceptors (Lipinski definition) is 2. The van der Waals surface area contributed by atoms with Crippen LogP contribution >= 0.6 is 0 Å². The number of carbonyl (C=O) groups excluding carboxylic acids is 1. The molecule has 0 spiro atoms. The Hall–Kier alpha value is -0.370. The van der Waals surface area contributed by atoms with Crippen molar-refractivity contribution in [3.05, 3.63) is 0 Å². The number of carbonyl (C=O) groups is 1. The average molecular weight is 158 g/mol. The van der Waals surface area contributed by atoms with Crippen molar-refractivity contribution in [2.24, 2.45) is 5.92 Å². The summed E-state index contributed by atoms with van der Waals surface area (Å²) in [6.45, 7) is 9.91. The zero-order valence-corrected chi connectivity index (χ0v) is 8.10. The second kappa shape index (κ2) is 3.86. The van der Waals surface area contributed by atoms with Crippen LogP contribution in [0.2, 0.25) is 0 Å². The zero-order chi connectivity index (χ0) is 9.07. The molecule has 0 saturated heterocycles. The molecule has 0 heterocycles. The molecule has 66 valence electrons. The summed E-state index contributed by atoms with van der Waals surface area (Å²) in [5.41, 5.74) is -0.608. The topological polar surface area (TPSA) is 26.3 Å². The molecule has 0 saturated carbocycles. The Kier molecular flexibility index (Phi) is 3.73. The van der Waals surface area contributed by atoms with E-state index in [1.165, 1.54) is 0 Å². The molecule has 0 fully saturated rings. The van der Waals surface area contributed by atoms with Crippen molar-refractivity contribution in [2.45, 2.75) is 40.2 Å². The van der Waals surface area contributed by atoms with Crippen molar-refractivity contribution in [1.29, 1.82) is 0 Å². The lowest BCUT2D eigenvalue weighted by Crippen LogP contribution is -2.38. The van der Waals surface area contributed by atoms with Crippen molar-refractivity contribution in [3.8, 4) is 0 Å². The van der Waals surface area contributed by atoms with E-state index in [0.29, 0.717) is 6.61 Å². The molecule has 0 N–H and O–H groups in total. The van der Waals surface area contributed by atoms with Crippen molar-refractivity contribution in [3.63, 3.8) is 0 Å². The van der Waals surface area contributed by atoms with Crippen LogP contribution in [0.15, 0.2) is 0 Å². The van der Waals surface area contributed by atoms with Gasteiger partial charge >= 0.3 is 0 Å². The maximum Gasteiger partial charge on any atom is 0.166 e. The van der Waals surface area contributed by atoms with Crippen LogP contribution in [0.25, 0.3) is 0 Å². The van der Waals surface area contributed by atoms with E-state index >= 15 is 0 Å². The minimum atomic E-state index is -0.608. The van der Waals surface area contributed by atoms with Gasteiger partial charge in [0.25, 0.3) is 0 Å². The van der Waals surface area contributed by atoms with Gasteiger partial charge in [0.05, 0.1) is 0 Å². The minimum absolute atomic E-state index is 0.0524. The highest BCUT2D eigenvalue weighted by atomic mass is 16.5. The van der Waals surface area contributed by atoms with Gasteiger partial charge in [-0.15, -0.1) is 0 Å². The normalized spacial score (nSPS) is 12.2. The Morgan fingerprint density at radius 1 is 1.45 bits per heavy atom. The van der Waals surface area contributed by atoms with Crippen LogP contribution < -0.4 is 0 Å². The number of Topliss-reactive ketones (excluding diaryl/α,β-unsaturated/α-hetero) is 1. The molecule has 0 aromatic rings. The molecule has 0 aliphatic rings. The lowest BCUT2D eigenvalue weighted by molar-refractivity contribution is -0.143. The van der Waals surface area contributed by atoms with Crippen LogP contribution in [-0.4, -0.2) is 18.0 Å². The van der Waals surface area contributed by atoms with Crippen molar-refractivity contribution < 1.29 is 9.53 Å². The number of hydrogen-bond donors (Lipinski definition) is 0. The quantitative estimate of drug-likeness (QED) is 0.625. The van der Waals surface area contributed by atoms with Gasteiger partial charge in [-0.1, -0.05) is 13.8 Å². The lowest BCUT2D eigenvalue weighted by atomic mass is 9.94. The third kappa shape index (κ3) is 3.02. The van der Waals surface area contributed by atoms with Crippen molar-refractivity contribution in [2.75, 3.05) is 6.61 Å². The van der Waals surface area contributed by atoms with Crippen LogP contribution in [0, 0.1) is 5.92 Å². The molecule has 0 aliphatic heterocycles. The van der Waals surface area contributed by atoms with Crippen LogP contribution in [-0.2, 0) is 9.53 Å². The fourth-order valence-electron chi connectivity index (χ4n) is 1.13. The molecule has 0 amide bonds. The lowest BCUT2D eigenvalue weighted by Gasteiger charge is -2.24. The van der Waals surface area contributed by atoms with E-state index in [2.05, 4.69) is 0 Å². The molecule has 0 bridgehead atoms. The minimum Gasteiger partial charge on any atom is -0.368 e. The number of ketones is 1. The highest BCUT2D eigenvalue weighted by molar-refractivity contribution is 5.88. The van der Waals surface area contributed by atoms with Gasteiger partial charge in [0, 0.05) is 12.5 Å². The largest absolute Gasteiger partial charge is 0.368 e. The third-order valence-corrected chi connectivity index (χ3v) is 1.62. The first-order valence-corrected chi connectivity index (χ1v) is 4.10. The highest BCUT2D eigenvalue weighted by Crippen LogP contribution is 2.15. The van der Waals surface area contributed by atoms with E-state index in [0.717, 1.165) is 0 Å². The summed E-state index contributed by atoms with van der Waals surface area (Å²) >= 11 is 0. The van der Waals surface area contributed by atoms with Gasteiger partial charge in [-0.2, -0.15) is 0 Å². The molecule has 0 unspecified atom stereocenters. The summed E-state index contributed by atoms with van der Waals surface area (Å²) in [5.74, 6) is 0.218. The molecule has 0 radical (unpaired) electrons. The first-order valence-electron chi connectivity index (χ1n) is 4.10. The average Bonchev–Trinajstić information content (AvgIpc) is 1.86. The third-order valence-electron chi connectivity index (χ3n) is 1.62. The van der Waals surface area contributed by atoms with Crippen molar-refractivity contribution in [1.82, 2.24) is 0 Å². The maximum atomic E-state index is 11.4. The van der Waals surface area contributed by atoms with E-state index in [9.17, 15) is 4.79 Å². The smallest absolute Gasteiger partial charge is 0.166 e. The second-order valence-electron chi connectivity index (χ2n) is 3.46. The first kappa shape index (κ1) is 10.6. The van der Waals surface area contributed by atoms with Gasteiger partial charge in [-0.3, -0.25) is 4.79 Å². The van der Waals surface area contributed by atoms with E-state index in [-0.39, 0.29) is 11.7 Å². The number of ether oxygens (including phenoxy) is 1. The standard InChI is InChI=1S/C9H18O2/c1-6-11-9(4,5)8(10)7(2)3/h7H,6H2,1-5H3. The molecule has 2 nitrogen and oxygen atoms in total. The van der Waals surface area contributed by atoms with Crippen molar-refractivity contribution >= 4 is 5.78 Å². The first-order chi connectivity index (χ1) is 4.91. The molecule has 0 aromatic heterocycles. The molecule has 0 aromatic carbocycles. The Bertz CT molecular complexity index is 136. The predicted molar refractivity (Wildman–Crippen MR) is 45.6 cm³/mol. The van der Waals surface area contributed by atoms with E-state index < -0.39 is 5.60 Å². The summed E-state index contributed by atoms with van der Waals surface area (Å²) in [4.78, 5) is 11.4. The van der Waals surface area contributed by atoms with Crippen LogP contribution in [0.3, 0.4) is 0 Å². The summed E-state index contributed by atoms with van der Waals surface area (Å²) < 4.78 is 5.30. The zero-order valence-electron chi connectivity index (χ0n) is 8.10.